The average Bonchev–Trinajstić information content (AvgIpc) is 2.69. The molecule has 2 aromatic rings. The van der Waals surface area contributed by atoms with Crippen LogP contribution >= 0.6 is 0 Å². The minimum Gasteiger partial charge on any atom is -0.423 e. The van der Waals surface area contributed by atoms with E-state index in [1.165, 1.54) is 6.39 Å². The van der Waals surface area contributed by atoms with Crippen LogP contribution < -0.4 is 5.73 Å². The van der Waals surface area contributed by atoms with Crippen molar-refractivity contribution in [1.29, 1.82) is 0 Å². The van der Waals surface area contributed by atoms with Gasteiger partial charge in [0.15, 0.2) is 0 Å². The number of aryl methyl sites for hydroxylation is 1. The van der Waals surface area contributed by atoms with Gasteiger partial charge in [0.05, 0.1) is 0 Å². The second-order valence-electron chi connectivity index (χ2n) is 3.20. The number of carbonyl (C=O) groups excluding carboxylic acids is 1. The molecule has 5 heteroatoms. The molecule has 5 nitrogen and oxygen atoms in total. The zero-order valence-corrected chi connectivity index (χ0v) is 8.10. The topological polar surface area (TPSA) is 82.0 Å². The minimum absolute atomic E-state index is 0.376. The van der Waals surface area contributed by atoms with Crippen LogP contribution in [0.3, 0.4) is 0 Å². The fourth-order valence-corrected chi connectivity index (χ4v) is 1.35. The number of rotatable bonds is 2. The molecular formula is C10H9N3O2. The van der Waals surface area contributed by atoms with E-state index in [9.17, 15) is 4.79 Å². The van der Waals surface area contributed by atoms with Crippen molar-refractivity contribution in [3.8, 4) is 11.5 Å². The first-order chi connectivity index (χ1) is 7.16. The number of primary amides is 1. The van der Waals surface area contributed by atoms with Crippen LogP contribution in [-0.4, -0.2) is 16.1 Å². The fourth-order valence-electron chi connectivity index (χ4n) is 1.35. The van der Waals surface area contributed by atoms with Crippen LogP contribution in [0.1, 0.15) is 15.9 Å². The molecule has 0 spiro atoms. The molecule has 0 aliphatic rings. The van der Waals surface area contributed by atoms with Crippen molar-refractivity contribution in [2.45, 2.75) is 6.92 Å². The molecule has 0 radical (unpaired) electrons. The molecule has 1 aromatic carbocycles. The maximum absolute atomic E-state index is 11.0. The third-order valence-corrected chi connectivity index (χ3v) is 1.97. The van der Waals surface area contributed by atoms with E-state index in [1.54, 1.807) is 12.1 Å². The SMILES string of the molecule is Cc1cc(C(N)=O)cc(-c2nnco2)c1. The van der Waals surface area contributed by atoms with Gasteiger partial charge in [0.2, 0.25) is 18.2 Å². The van der Waals surface area contributed by atoms with Gasteiger partial charge in [0.25, 0.3) is 0 Å². The van der Waals surface area contributed by atoms with Gasteiger partial charge in [-0.1, -0.05) is 0 Å². The molecule has 2 N–H and O–H groups in total. The number of aromatic nitrogens is 2. The lowest BCUT2D eigenvalue weighted by Crippen LogP contribution is -2.11. The highest BCUT2D eigenvalue weighted by Gasteiger charge is 2.08. The second kappa shape index (κ2) is 3.53. The van der Waals surface area contributed by atoms with Crippen LogP contribution in [0, 0.1) is 6.92 Å². The molecule has 0 saturated carbocycles. The maximum Gasteiger partial charge on any atom is 0.248 e. The predicted octanol–water partition coefficient (Wildman–Crippen LogP) is 1.14. The van der Waals surface area contributed by atoms with E-state index in [1.807, 2.05) is 13.0 Å². The van der Waals surface area contributed by atoms with Crippen molar-refractivity contribution in [1.82, 2.24) is 10.2 Å². The molecule has 15 heavy (non-hydrogen) atoms. The first-order valence-corrected chi connectivity index (χ1v) is 4.35. The van der Waals surface area contributed by atoms with Gasteiger partial charge in [-0.2, -0.15) is 0 Å². The molecule has 1 aromatic heterocycles. The van der Waals surface area contributed by atoms with Gasteiger partial charge in [-0.25, -0.2) is 0 Å². The summed E-state index contributed by atoms with van der Waals surface area (Å²) in [5, 5.41) is 7.33. The van der Waals surface area contributed by atoms with Gasteiger partial charge in [-0.05, 0) is 30.7 Å². The van der Waals surface area contributed by atoms with Crippen LogP contribution in [-0.2, 0) is 0 Å². The first kappa shape index (κ1) is 9.39. The zero-order valence-electron chi connectivity index (χ0n) is 8.10. The molecule has 0 bridgehead atoms. The quantitative estimate of drug-likeness (QED) is 0.793. The van der Waals surface area contributed by atoms with Gasteiger partial charge in [-0.3, -0.25) is 4.79 Å². The van der Waals surface area contributed by atoms with E-state index in [2.05, 4.69) is 10.2 Å². The Kier molecular flexibility index (Phi) is 2.21. The van der Waals surface area contributed by atoms with E-state index in [4.69, 9.17) is 10.2 Å². The molecule has 0 fully saturated rings. The normalized spacial score (nSPS) is 10.2. The Balaban J connectivity index is 2.54. The van der Waals surface area contributed by atoms with Crippen molar-refractivity contribution < 1.29 is 9.21 Å². The molecule has 1 heterocycles. The zero-order chi connectivity index (χ0) is 10.8. The number of hydrogen-bond acceptors (Lipinski definition) is 4. The Bertz CT molecular complexity index is 491. The number of benzene rings is 1. The number of carbonyl (C=O) groups is 1. The van der Waals surface area contributed by atoms with Crippen molar-refractivity contribution in [3.05, 3.63) is 35.7 Å². The van der Waals surface area contributed by atoms with E-state index in [0.29, 0.717) is 17.0 Å². The van der Waals surface area contributed by atoms with Gasteiger partial charge in [0.1, 0.15) is 0 Å². The van der Waals surface area contributed by atoms with E-state index >= 15 is 0 Å². The van der Waals surface area contributed by atoms with Crippen molar-refractivity contribution in [3.63, 3.8) is 0 Å². The minimum atomic E-state index is -0.473. The Morgan fingerprint density at radius 1 is 1.40 bits per heavy atom. The molecule has 2 rings (SSSR count). The Labute approximate surface area is 85.9 Å². The Morgan fingerprint density at radius 3 is 2.80 bits per heavy atom. The van der Waals surface area contributed by atoms with Crippen LogP contribution in [0.15, 0.2) is 29.0 Å². The molecule has 0 unspecified atom stereocenters. The first-order valence-electron chi connectivity index (χ1n) is 4.35. The molecule has 0 aliphatic heterocycles. The monoisotopic (exact) mass is 203 g/mol. The van der Waals surface area contributed by atoms with Crippen LogP contribution in [0.25, 0.3) is 11.5 Å². The van der Waals surface area contributed by atoms with Crippen molar-refractivity contribution in [2.24, 2.45) is 5.73 Å². The number of nitrogens with zero attached hydrogens (tertiary/aromatic N) is 2. The van der Waals surface area contributed by atoms with E-state index in [-0.39, 0.29) is 0 Å². The molecule has 1 amide bonds. The van der Waals surface area contributed by atoms with Gasteiger partial charge < -0.3 is 10.2 Å². The molecule has 0 atom stereocenters. The highest BCUT2D eigenvalue weighted by atomic mass is 16.4. The van der Waals surface area contributed by atoms with Gasteiger partial charge >= 0.3 is 0 Å². The third-order valence-electron chi connectivity index (χ3n) is 1.97. The number of amides is 1. The summed E-state index contributed by atoms with van der Waals surface area (Å²) in [6.07, 6.45) is 1.24. The lowest BCUT2D eigenvalue weighted by atomic mass is 10.1. The fraction of sp³-hybridized carbons (Fsp3) is 0.100. The van der Waals surface area contributed by atoms with E-state index < -0.39 is 5.91 Å². The van der Waals surface area contributed by atoms with Crippen LogP contribution in [0.4, 0.5) is 0 Å². The summed E-state index contributed by atoms with van der Waals surface area (Å²) >= 11 is 0. The lowest BCUT2D eigenvalue weighted by Gasteiger charge is -2.01. The van der Waals surface area contributed by atoms with Gasteiger partial charge in [-0.15, -0.1) is 10.2 Å². The highest BCUT2D eigenvalue weighted by molar-refractivity contribution is 5.94. The molecule has 76 valence electrons. The number of nitrogens with two attached hydrogens (primary N) is 1. The van der Waals surface area contributed by atoms with Crippen molar-refractivity contribution >= 4 is 5.91 Å². The second-order valence-corrected chi connectivity index (χ2v) is 3.20. The molecule has 0 saturated heterocycles. The molecule has 0 aliphatic carbocycles. The Hall–Kier alpha value is -2.17. The van der Waals surface area contributed by atoms with Gasteiger partial charge in [0, 0.05) is 11.1 Å². The number of hydrogen-bond donors (Lipinski definition) is 1. The summed E-state index contributed by atoms with van der Waals surface area (Å²) in [5.41, 5.74) is 7.24. The summed E-state index contributed by atoms with van der Waals surface area (Å²) in [6, 6.07) is 5.19. The summed E-state index contributed by atoms with van der Waals surface area (Å²) < 4.78 is 5.03. The summed E-state index contributed by atoms with van der Waals surface area (Å²) in [5.74, 6) is -0.0966. The van der Waals surface area contributed by atoms with Crippen molar-refractivity contribution in [2.75, 3.05) is 0 Å². The maximum atomic E-state index is 11.0. The van der Waals surface area contributed by atoms with E-state index in [0.717, 1.165) is 5.56 Å². The van der Waals surface area contributed by atoms with Crippen LogP contribution in [0.2, 0.25) is 0 Å². The summed E-state index contributed by atoms with van der Waals surface area (Å²) in [7, 11) is 0. The average molecular weight is 203 g/mol. The smallest absolute Gasteiger partial charge is 0.248 e. The standard InChI is InChI=1S/C10H9N3O2/c1-6-2-7(9(11)14)4-8(3-6)10-13-12-5-15-10/h2-5H,1H3,(H2,11,14). The third kappa shape index (κ3) is 1.85. The Morgan fingerprint density at radius 2 is 2.20 bits per heavy atom. The van der Waals surface area contributed by atoms with Crippen LogP contribution in [0.5, 0.6) is 0 Å². The highest BCUT2D eigenvalue weighted by Crippen LogP contribution is 2.19. The summed E-state index contributed by atoms with van der Waals surface area (Å²) in [4.78, 5) is 11.0. The summed E-state index contributed by atoms with van der Waals surface area (Å²) in [6.45, 7) is 1.87. The molecular weight excluding hydrogens is 194 g/mol. The lowest BCUT2D eigenvalue weighted by molar-refractivity contribution is 0.100. The largest absolute Gasteiger partial charge is 0.423 e. The predicted molar refractivity (Wildman–Crippen MR) is 53.0 cm³/mol.